The van der Waals surface area contributed by atoms with Gasteiger partial charge in [0.25, 0.3) is 0 Å². The molecule has 1 unspecified atom stereocenters. The van der Waals surface area contributed by atoms with Crippen LogP contribution in [0.4, 0.5) is 0 Å². The molecule has 118 valence electrons. The topological polar surface area (TPSA) is 62.6 Å². The van der Waals surface area contributed by atoms with Gasteiger partial charge in [0, 0.05) is 5.56 Å². The zero-order valence-corrected chi connectivity index (χ0v) is 13.2. The van der Waals surface area contributed by atoms with E-state index in [4.69, 9.17) is 14.2 Å². The molecular weight excluding hydrogens is 284 g/mol. The molecule has 2 rings (SSSR count). The van der Waals surface area contributed by atoms with E-state index >= 15 is 0 Å². The fraction of sp³-hybridized carbons (Fsp3) is 0.375. The van der Waals surface area contributed by atoms with E-state index in [1.54, 1.807) is 32.0 Å². The van der Waals surface area contributed by atoms with Gasteiger partial charge in [-0.3, -0.25) is 0 Å². The lowest BCUT2D eigenvalue weighted by atomic mass is 10.1. The van der Waals surface area contributed by atoms with E-state index in [1.807, 2.05) is 25.1 Å². The number of benzene rings is 1. The molecule has 0 aliphatic rings. The maximum atomic E-state index is 12.0. The molecule has 22 heavy (non-hydrogen) atoms. The Morgan fingerprint density at radius 1 is 1.32 bits per heavy atom. The summed E-state index contributed by atoms with van der Waals surface area (Å²) in [6, 6.07) is 5.39. The third-order valence-corrected chi connectivity index (χ3v) is 3.45. The second kappa shape index (κ2) is 6.98. The van der Waals surface area contributed by atoms with E-state index in [0.717, 1.165) is 17.1 Å². The van der Waals surface area contributed by atoms with Crippen LogP contribution in [0.2, 0.25) is 0 Å². The highest BCUT2D eigenvalue weighted by Gasteiger charge is 2.20. The number of nitrogens with zero attached hydrogens (tertiary/aromatic N) is 2. The van der Waals surface area contributed by atoms with Crippen LogP contribution in [0, 0.1) is 0 Å². The van der Waals surface area contributed by atoms with E-state index in [-0.39, 0.29) is 6.04 Å². The number of hydrogen-bond acceptors (Lipinski definition) is 5. The van der Waals surface area contributed by atoms with E-state index in [0.29, 0.717) is 12.3 Å². The van der Waals surface area contributed by atoms with Crippen molar-refractivity contribution < 1.29 is 19.0 Å². The molecule has 2 aromatic rings. The third-order valence-electron chi connectivity index (χ3n) is 3.45. The molecule has 0 saturated carbocycles. The van der Waals surface area contributed by atoms with Crippen LogP contribution >= 0.6 is 0 Å². The number of esters is 1. The Kier molecular flexibility index (Phi) is 5.04. The van der Waals surface area contributed by atoms with Crippen molar-refractivity contribution >= 4 is 5.97 Å². The average molecular weight is 304 g/mol. The molecule has 0 bridgehead atoms. The molecule has 1 aromatic carbocycles. The van der Waals surface area contributed by atoms with Gasteiger partial charge in [0.2, 0.25) is 0 Å². The van der Waals surface area contributed by atoms with Crippen LogP contribution in [0.25, 0.3) is 0 Å². The number of aromatic nitrogens is 2. The second-order valence-corrected chi connectivity index (χ2v) is 4.69. The van der Waals surface area contributed by atoms with E-state index in [1.165, 1.54) is 6.20 Å². The van der Waals surface area contributed by atoms with Gasteiger partial charge in [-0.15, -0.1) is 0 Å². The standard InChI is InChI=1S/C16H20N2O4/c1-5-22-16(19)14-9-17-10-18(14)11(2)13-8-12(20-3)6-7-15(13)21-4/h6-11H,5H2,1-4H3. The maximum absolute atomic E-state index is 12.0. The molecular formula is C16H20N2O4. The van der Waals surface area contributed by atoms with Gasteiger partial charge < -0.3 is 18.8 Å². The first-order chi connectivity index (χ1) is 10.6. The Bertz CT molecular complexity index is 651. The summed E-state index contributed by atoms with van der Waals surface area (Å²) in [4.78, 5) is 16.1. The first kappa shape index (κ1) is 15.9. The number of ether oxygens (including phenoxy) is 3. The normalized spacial score (nSPS) is 11.8. The van der Waals surface area contributed by atoms with E-state index < -0.39 is 5.97 Å². The summed E-state index contributed by atoms with van der Waals surface area (Å²) in [7, 11) is 3.22. The van der Waals surface area contributed by atoms with Crippen molar-refractivity contribution in [2.24, 2.45) is 0 Å². The van der Waals surface area contributed by atoms with Gasteiger partial charge in [0.1, 0.15) is 17.2 Å². The molecule has 6 nitrogen and oxygen atoms in total. The summed E-state index contributed by atoms with van der Waals surface area (Å²) >= 11 is 0. The van der Waals surface area contributed by atoms with Crippen LogP contribution in [0.15, 0.2) is 30.7 Å². The summed E-state index contributed by atoms with van der Waals surface area (Å²) < 4.78 is 17.5. The smallest absolute Gasteiger partial charge is 0.356 e. The largest absolute Gasteiger partial charge is 0.497 e. The van der Waals surface area contributed by atoms with Crippen LogP contribution < -0.4 is 9.47 Å². The minimum absolute atomic E-state index is 0.160. The summed E-state index contributed by atoms with van der Waals surface area (Å²) in [5, 5.41) is 0. The second-order valence-electron chi connectivity index (χ2n) is 4.69. The van der Waals surface area contributed by atoms with Crippen LogP contribution in [0.3, 0.4) is 0 Å². The number of imidazole rings is 1. The van der Waals surface area contributed by atoms with Crippen LogP contribution in [-0.4, -0.2) is 36.3 Å². The number of carbonyl (C=O) groups is 1. The maximum Gasteiger partial charge on any atom is 0.356 e. The summed E-state index contributed by atoms with van der Waals surface area (Å²) in [5.74, 6) is 1.05. The highest BCUT2D eigenvalue weighted by Crippen LogP contribution is 2.32. The number of carbonyl (C=O) groups excluding carboxylic acids is 1. The fourth-order valence-electron chi connectivity index (χ4n) is 2.29. The Morgan fingerprint density at radius 3 is 2.73 bits per heavy atom. The van der Waals surface area contributed by atoms with Crippen molar-refractivity contribution in [1.29, 1.82) is 0 Å². The zero-order chi connectivity index (χ0) is 16.1. The van der Waals surface area contributed by atoms with Crippen LogP contribution in [-0.2, 0) is 4.74 Å². The van der Waals surface area contributed by atoms with E-state index in [9.17, 15) is 4.79 Å². The number of methoxy groups -OCH3 is 2. The Hall–Kier alpha value is -2.50. The van der Waals surface area contributed by atoms with E-state index in [2.05, 4.69) is 4.98 Å². The van der Waals surface area contributed by atoms with Crippen LogP contribution in [0.1, 0.15) is 35.9 Å². The Morgan fingerprint density at radius 2 is 2.09 bits per heavy atom. The van der Waals surface area contributed by atoms with Gasteiger partial charge in [0.15, 0.2) is 0 Å². The Labute approximate surface area is 129 Å². The molecule has 0 amide bonds. The van der Waals surface area contributed by atoms with Gasteiger partial charge >= 0.3 is 5.97 Å². The highest BCUT2D eigenvalue weighted by molar-refractivity contribution is 5.87. The lowest BCUT2D eigenvalue weighted by molar-refractivity contribution is 0.0512. The lowest BCUT2D eigenvalue weighted by Gasteiger charge is -2.19. The first-order valence-corrected chi connectivity index (χ1v) is 7.03. The molecule has 0 aliphatic heterocycles. The molecule has 0 aliphatic carbocycles. The SMILES string of the molecule is CCOC(=O)c1cncn1C(C)c1cc(OC)ccc1OC. The molecule has 0 fully saturated rings. The summed E-state index contributed by atoms with van der Waals surface area (Å²) in [5.41, 5.74) is 1.30. The fourth-order valence-corrected chi connectivity index (χ4v) is 2.29. The first-order valence-electron chi connectivity index (χ1n) is 7.03. The lowest BCUT2D eigenvalue weighted by Crippen LogP contribution is -2.16. The predicted octanol–water partition coefficient (Wildman–Crippen LogP) is 2.69. The molecule has 0 N–H and O–H groups in total. The van der Waals surface area contributed by atoms with Gasteiger partial charge in [-0.25, -0.2) is 9.78 Å². The molecule has 6 heteroatoms. The molecule has 0 radical (unpaired) electrons. The monoisotopic (exact) mass is 304 g/mol. The van der Waals surface area contributed by atoms with Crippen molar-refractivity contribution in [3.05, 3.63) is 42.0 Å². The van der Waals surface area contributed by atoms with Crippen molar-refractivity contribution in [1.82, 2.24) is 9.55 Å². The quantitative estimate of drug-likeness (QED) is 0.768. The minimum atomic E-state index is -0.395. The van der Waals surface area contributed by atoms with Gasteiger partial charge in [0.05, 0.1) is 39.4 Å². The molecule has 0 spiro atoms. The minimum Gasteiger partial charge on any atom is -0.497 e. The molecule has 1 heterocycles. The molecule has 1 aromatic heterocycles. The van der Waals surface area contributed by atoms with Gasteiger partial charge in [-0.1, -0.05) is 0 Å². The zero-order valence-electron chi connectivity index (χ0n) is 13.2. The van der Waals surface area contributed by atoms with Crippen molar-refractivity contribution in [3.63, 3.8) is 0 Å². The van der Waals surface area contributed by atoms with Crippen LogP contribution in [0.5, 0.6) is 11.5 Å². The van der Waals surface area contributed by atoms with Crippen molar-refractivity contribution in [2.45, 2.75) is 19.9 Å². The van der Waals surface area contributed by atoms with Crippen molar-refractivity contribution in [3.8, 4) is 11.5 Å². The molecule has 0 saturated heterocycles. The predicted molar refractivity (Wildman–Crippen MR) is 81.5 cm³/mol. The number of hydrogen-bond donors (Lipinski definition) is 0. The third kappa shape index (κ3) is 3.05. The summed E-state index contributed by atoms with van der Waals surface area (Å²) in [6.45, 7) is 4.05. The number of rotatable bonds is 6. The average Bonchev–Trinajstić information content (AvgIpc) is 3.03. The molecule has 1 atom stereocenters. The summed E-state index contributed by atoms with van der Waals surface area (Å²) in [6.07, 6.45) is 3.11. The Balaban J connectivity index is 2.42. The van der Waals surface area contributed by atoms with Gasteiger partial charge in [-0.2, -0.15) is 0 Å². The van der Waals surface area contributed by atoms with Crippen molar-refractivity contribution in [2.75, 3.05) is 20.8 Å². The van der Waals surface area contributed by atoms with Gasteiger partial charge in [-0.05, 0) is 32.0 Å². The highest BCUT2D eigenvalue weighted by atomic mass is 16.5.